The van der Waals surface area contributed by atoms with Crippen molar-refractivity contribution in [3.8, 4) is 5.75 Å². The zero-order valence-corrected chi connectivity index (χ0v) is 12.6. The Bertz CT molecular complexity index is 651. The highest BCUT2D eigenvalue weighted by Crippen LogP contribution is 2.35. The van der Waals surface area contributed by atoms with Gasteiger partial charge in [0.15, 0.2) is 15.6 Å². The van der Waals surface area contributed by atoms with Gasteiger partial charge in [-0.25, -0.2) is 8.42 Å². The van der Waals surface area contributed by atoms with E-state index < -0.39 is 26.0 Å². The highest BCUT2D eigenvalue weighted by molar-refractivity contribution is 7.90. The molecule has 1 saturated carbocycles. The Labute approximate surface area is 123 Å². The summed E-state index contributed by atoms with van der Waals surface area (Å²) in [5.74, 6) is -0.0559. The number of ether oxygens (including phenoxy) is 1. The largest absolute Gasteiger partial charge is 0.485 e. The lowest BCUT2D eigenvalue weighted by Crippen LogP contribution is -2.42. The Morgan fingerprint density at radius 3 is 2.52 bits per heavy atom. The second-order valence-electron chi connectivity index (χ2n) is 5.49. The number of para-hydroxylation sites is 1. The van der Waals surface area contributed by atoms with E-state index in [4.69, 9.17) is 10.5 Å². The number of hydrogen-bond acceptors (Lipinski definition) is 6. The Morgan fingerprint density at radius 1 is 1.38 bits per heavy atom. The molecule has 0 unspecified atom stereocenters. The number of rotatable bonds is 5. The molecule has 21 heavy (non-hydrogen) atoms. The average Bonchev–Trinajstić information content (AvgIpc) is 2.82. The van der Waals surface area contributed by atoms with E-state index >= 15 is 0 Å². The molecule has 0 heterocycles. The molecule has 1 aliphatic carbocycles. The van der Waals surface area contributed by atoms with Gasteiger partial charge >= 0.3 is 5.69 Å². The fourth-order valence-corrected chi connectivity index (χ4v) is 3.39. The van der Waals surface area contributed by atoms with E-state index in [-0.39, 0.29) is 17.3 Å². The van der Waals surface area contributed by atoms with Gasteiger partial charge in [0.1, 0.15) is 11.5 Å². The summed E-state index contributed by atoms with van der Waals surface area (Å²) in [6, 6.07) is 4.02. The molecular formula is C13H18N2O5S. The molecule has 1 aromatic rings. The van der Waals surface area contributed by atoms with Crippen LogP contribution in [0, 0.1) is 10.1 Å². The van der Waals surface area contributed by atoms with Gasteiger partial charge in [-0.3, -0.25) is 10.1 Å². The van der Waals surface area contributed by atoms with Crippen LogP contribution in [0.15, 0.2) is 23.1 Å². The van der Waals surface area contributed by atoms with Crippen LogP contribution in [0.1, 0.15) is 25.7 Å². The third kappa shape index (κ3) is 3.51. The Kier molecular flexibility index (Phi) is 4.20. The molecule has 2 rings (SSSR count). The predicted molar refractivity (Wildman–Crippen MR) is 77.1 cm³/mol. The third-order valence-electron chi connectivity index (χ3n) is 3.66. The van der Waals surface area contributed by atoms with Crippen molar-refractivity contribution in [3.05, 3.63) is 28.3 Å². The second-order valence-corrected chi connectivity index (χ2v) is 7.47. The van der Waals surface area contributed by atoms with E-state index in [0.717, 1.165) is 31.9 Å². The van der Waals surface area contributed by atoms with E-state index in [9.17, 15) is 18.5 Å². The number of sulfone groups is 1. The van der Waals surface area contributed by atoms with Crippen molar-refractivity contribution in [2.45, 2.75) is 36.1 Å². The van der Waals surface area contributed by atoms with Crippen LogP contribution in [0.2, 0.25) is 0 Å². The molecule has 0 spiro atoms. The molecule has 1 aliphatic rings. The molecule has 1 aromatic carbocycles. The van der Waals surface area contributed by atoms with E-state index in [1.165, 1.54) is 18.2 Å². The van der Waals surface area contributed by atoms with Gasteiger partial charge in [0.2, 0.25) is 0 Å². The average molecular weight is 314 g/mol. The molecule has 0 amide bonds. The lowest BCUT2D eigenvalue weighted by Gasteiger charge is -2.23. The lowest BCUT2D eigenvalue weighted by molar-refractivity contribution is -0.388. The van der Waals surface area contributed by atoms with Gasteiger partial charge in [-0.05, 0) is 25.0 Å². The van der Waals surface area contributed by atoms with Gasteiger partial charge in [-0.2, -0.15) is 0 Å². The summed E-state index contributed by atoms with van der Waals surface area (Å²) in [6.45, 7) is 0.140. The van der Waals surface area contributed by atoms with Crippen LogP contribution in [-0.2, 0) is 9.84 Å². The summed E-state index contributed by atoms with van der Waals surface area (Å²) < 4.78 is 28.8. The first-order valence-electron chi connectivity index (χ1n) is 6.62. The zero-order chi connectivity index (χ0) is 15.7. The van der Waals surface area contributed by atoms with Crippen molar-refractivity contribution in [2.75, 3.05) is 12.9 Å². The van der Waals surface area contributed by atoms with Gasteiger partial charge in [-0.1, -0.05) is 18.9 Å². The Balaban J connectivity index is 2.33. The van der Waals surface area contributed by atoms with Crippen molar-refractivity contribution in [1.29, 1.82) is 0 Å². The maximum absolute atomic E-state index is 11.6. The fourth-order valence-electron chi connectivity index (χ4n) is 2.54. The van der Waals surface area contributed by atoms with Crippen molar-refractivity contribution in [1.82, 2.24) is 0 Å². The second kappa shape index (κ2) is 5.61. The normalized spacial score (nSPS) is 17.6. The smallest absolute Gasteiger partial charge is 0.329 e. The minimum atomic E-state index is -3.71. The summed E-state index contributed by atoms with van der Waals surface area (Å²) >= 11 is 0. The van der Waals surface area contributed by atoms with E-state index in [2.05, 4.69) is 0 Å². The molecule has 0 atom stereocenters. The first kappa shape index (κ1) is 15.7. The van der Waals surface area contributed by atoms with E-state index in [1.54, 1.807) is 0 Å². The van der Waals surface area contributed by atoms with Crippen LogP contribution in [0.25, 0.3) is 0 Å². The summed E-state index contributed by atoms with van der Waals surface area (Å²) in [5, 5.41) is 11.2. The zero-order valence-electron chi connectivity index (χ0n) is 11.7. The Hall–Kier alpha value is -1.67. The SMILES string of the molecule is CS(=O)(=O)c1cccc(OCC2(N)CCCC2)c1[N+](=O)[O-]. The predicted octanol–water partition coefficient (Wildman–Crippen LogP) is 1.65. The number of nitro groups is 1. The first-order chi connectivity index (χ1) is 9.73. The molecule has 7 nitrogen and oxygen atoms in total. The number of nitrogens with two attached hydrogens (primary N) is 1. The maximum atomic E-state index is 11.6. The standard InChI is InChI=1S/C13H18N2O5S/c1-21(18,19)11-6-4-5-10(12(11)15(16)17)20-9-13(14)7-2-3-8-13/h4-6H,2-3,7-9,14H2,1H3. The van der Waals surface area contributed by atoms with Gasteiger partial charge in [-0.15, -0.1) is 0 Å². The number of nitrogens with zero attached hydrogens (tertiary/aromatic N) is 1. The van der Waals surface area contributed by atoms with E-state index in [1.807, 2.05) is 0 Å². The van der Waals surface area contributed by atoms with Crippen LogP contribution in [0.4, 0.5) is 5.69 Å². The number of benzene rings is 1. The molecular weight excluding hydrogens is 296 g/mol. The van der Waals surface area contributed by atoms with E-state index in [0.29, 0.717) is 0 Å². The topological polar surface area (TPSA) is 113 Å². The highest BCUT2D eigenvalue weighted by Gasteiger charge is 2.32. The van der Waals surface area contributed by atoms with Crippen LogP contribution < -0.4 is 10.5 Å². The molecule has 8 heteroatoms. The van der Waals surface area contributed by atoms with Gasteiger partial charge in [0, 0.05) is 6.26 Å². The molecule has 0 aliphatic heterocycles. The lowest BCUT2D eigenvalue weighted by atomic mass is 10.0. The molecule has 0 bridgehead atoms. The van der Waals surface area contributed by atoms with Crippen LogP contribution in [-0.4, -0.2) is 31.7 Å². The van der Waals surface area contributed by atoms with Crippen molar-refractivity contribution in [3.63, 3.8) is 0 Å². The van der Waals surface area contributed by atoms with Crippen LogP contribution in [0.3, 0.4) is 0 Å². The van der Waals surface area contributed by atoms with Gasteiger partial charge in [0.25, 0.3) is 0 Å². The van der Waals surface area contributed by atoms with Gasteiger partial charge in [0.05, 0.1) is 10.5 Å². The fraction of sp³-hybridized carbons (Fsp3) is 0.538. The quantitative estimate of drug-likeness (QED) is 0.653. The van der Waals surface area contributed by atoms with Crippen molar-refractivity contribution < 1.29 is 18.1 Å². The number of nitro benzene ring substituents is 1. The Morgan fingerprint density at radius 2 is 2.00 bits per heavy atom. The molecule has 1 fully saturated rings. The highest BCUT2D eigenvalue weighted by atomic mass is 32.2. The molecule has 0 aromatic heterocycles. The summed E-state index contributed by atoms with van der Waals surface area (Å²) in [6.07, 6.45) is 4.54. The van der Waals surface area contributed by atoms with Crippen LogP contribution >= 0.6 is 0 Å². The summed E-state index contributed by atoms with van der Waals surface area (Å²) in [5.41, 5.74) is 5.13. The molecule has 116 valence electrons. The first-order valence-corrected chi connectivity index (χ1v) is 8.51. The minimum Gasteiger partial charge on any atom is -0.485 e. The van der Waals surface area contributed by atoms with Crippen molar-refractivity contribution in [2.24, 2.45) is 5.73 Å². The monoisotopic (exact) mass is 314 g/mol. The summed E-state index contributed by atoms with van der Waals surface area (Å²) in [4.78, 5) is 10.1. The molecule has 2 N–H and O–H groups in total. The minimum absolute atomic E-state index is 0.0559. The number of hydrogen-bond donors (Lipinski definition) is 1. The maximum Gasteiger partial charge on any atom is 0.329 e. The third-order valence-corrected chi connectivity index (χ3v) is 4.79. The van der Waals surface area contributed by atoms with Crippen molar-refractivity contribution >= 4 is 15.5 Å². The van der Waals surface area contributed by atoms with Gasteiger partial charge < -0.3 is 10.5 Å². The molecule has 0 saturated heterocycles. The summed E-state index contributed by atoms with van der Waals surface area (Å²) in [7, 11) is -3.71. The van der Waals surface area contributed by atoms with Crippen LogP contribution in [0.5, 0.6) is 5.75 Å². The molecule has 0 radical (unpaired) electrons.